The lowest BCUT2D eigenvalue weighted by molar-refractivity contribution is -0.136. The van der Waals surface area contributed by atoms with E-state index >= 15 is 0 Å². The molecule has 0 amide bonds. The molecule has 0 spiro atoms. The van der Waals surface area contributed by atoms with Crippen LogP contribution in [0.2, 0.25) is 0 Å². The molecule has 2 aromatic carbocycles. The van der Waals surface area contributed by atoms with Crippen molar-refractivity contribution >= 4 is 21.9 Å². The highest BCUT2D eigenvalue weighted by Crippen LogP contribution is 2.24. The fourth-order valence-electron chi connectivity index (χ4n) is 2.06. The van der Waals surface area contributed by atoms with Gasteiger partial charge < -0.3 is 14.0 Å². The van der Waals surface area contributed by atoms with Gasteiger partial charge in [0.1, 0.15) is 11.5 Å². The van der Waals surface area contributed by atoms with Crippen LogP contribution < -0.4 is 9.47 Å². The molecule has 6 heteroatoms. The van der Waals surface area contributed by atoms with Crippen molar-refractivity contribution in [2.45, 2.75) is 6.92 Å². The van der Waals surface area contributed by atoms with Crippen molar-refractivity contribution < 1.29 is 18.8 Å². The number of carbonyl (C=O) groups is 1. The minimum atomic E-state index is -0.507. The van der Waals surface area contributed by atoms with Gasteiger partial charge in [-0.05, 0) is 47.5 Å². The summed E-state index contributed by atoms with van der Waals surface area (Å²) in [5.74, 6) is 0.824. The van der Waals surface area contributed by atoms with E-state index in [1.165, 1.54) is 0 Å². The Labute approximate surface area is 147 Å². The van der Waals surface area contributed by atoms with E-state index in [-0.39, 0.29) is 12.5 Å². The lowest BCUT2D eigenvalue weighted by atomic mass is 10.1. The Bertz CT molecular complexity index is 825. The number of esters is 1. The van der Waals surface area contributed by atoms with Crippen molar-refractivity contribution in [3.63, 3.8) is 0 Å². The number of aromatic nitrogens is 1. The Morgan fingerprint density at radius 2 is 1.71 bits per heavy atom. The number of nitrogens with zero attached hydrogens (tertiary/aromatic N) is 1. The molecule has 1 aromatic heterocycles. The van der Waals surface area contributed by atoms with Gasteiger partial charge in [-0.15, -0.1) is 0 Å². The van der Waals surface area contributed by atoms with Crippen LogP contribution in [0, 0.1) is 6.92 Å². The van der Waals surface area contributed by atoms with Crippen LogP contribution in [0.15, 0.2) is 63.6 Å². The molecule has 0 radical (unpaired) electrons. The number of rotatable bonds is 5. The van der Waals surface area contributed by atoms with Gasteiger partial charge in [0.05, 0.1) is 0 Å². The second-order valence-corrected chi connectivity index (χ2v) is 5.99. The predicted molar refractivity (Wildman–Crippen MR) is 91.9 cm³/mol. The van der Waals surface area contributed by atoms with E-state index in [0.717, 1.165) is 15.6 Å². The summed E-state index contributed by atoms with van der Waals surface area (Å²) in [5, 5.41) is 3.64. The fourth-order valence-corrected chi connectivity index (χ4v) is 2.33. The molecule has 0 aliphatic carbocycles. The number of ether oxygens (including phenoxy) is 2. The summed E-state index contributed by atoms with van der Waals surface area (Å²) in [7, 11) is 0. The molecule has 0 unspecified atom stereocenters. The first-order valence-corrected chi connectivity index (χ1v) is 8.02. The minimum Gasteiger partial charge on any atom is -0.463 e. The molecule has 0 atom stereocenters. The number of hydrogen-bond donors (Lipinski definition) is 0. The van der Waals surface area contributed by atoms with Gasteiger partial charge in [0.2, 0.25) is 0 Å². The zero-order chi connectivity index (χ0) is 16.9. The van der Waals surface area contributed by atoms with Crippen molar-refractivity contribution in [3.8, 4) is 22.8 Å². The lowest BCUT2D eigenvalue weighted by Crippen LogP contribution is -2.17. The van der Waals surface area contributed by atoms with Crippen molar-refractivity contribution in [2.24, 2.45) is 0 Å². The van der Waals surface area contributed by atoms with E-state index in [2.05, 4.69) is 21.1 Å². The summed E-state index contributed by atoms with van der Waals surface area (Å²) in [6, 6.07) is 16.9. The topological polar surface area (TPSA) is 61.6 Å². The summed E-state index contributed by atoms with van der Waals surface area (Å²) in [4.78, 5) is 11.8. The zero-order valence-corrected chi connectivity index (χ0v) is 14.4. The molecule has 122 valence electrons. The number of carbonyl (C=O) groups excluding carboxylic acids is 1. The number of halogens is 1. The molecule has 3 rings (SSSR count). The van der Waals surface area contributed by atoms with Crippen molar-refractivity contribution in [1.29, 1.82) is 0 Å². The van der Waals surface area contributed by atoms with Gasteiger partial charge in [0.25, 0.3) is 5.88 Å². The molecular weight excluding hydrogens is 374 g/mol. The largest absolute Gasteiger partial charge is 0.463 e. The molecule has 0 saturated carbocycles. The SMILES string of the molecule is Cc1cc(OCC(=O)Oc2ccc(-c3ccc(Br)cc3)cc2)no1. The second kappa shape index (κ2) is 7.31. The van der Waals surface area contributed by atoms with Gasteiger partial charge in [-0.2, -0.15) is 0 Å². The minimum absolute atomic E-state index is 0.236. The molecular formula is C18H14BrNO4. The molecule has 0 saturated heterocycles. The normalized spacial score (nSPS) is 10.4. The third kappa shape index (κ3) is 4.23. The third-order valence-corrected chi connectivity index (χ3v) is 3.74. The van der Waals surface area contributed by atoms with E-state index in [9.17, 15) is 4.79 Å². The van der Waals surface area contributed by atoms with Crippen LogP contribution in [0.25, 0.3) is 11.1 Å². The first-order chi connectivity index (χ1) is 11.6. The Balaban J connectivity index is 1.57. The number of benzene rings is 2. The highest BCUT2D eigenvalue weighted by Gasteiger charge is 2.09. The van der Waals surface area contributed by atoms with Crippen LogP contribution in [0.5, 0.6) is 11.6 Å². The third-order valence-electron chi connectivity index (χ3n) is 3.21. The van der Waals surface area contributed by atoms with Crippen LogP contribution in [-0.2, 0) is 4.79 Å². The average molecular weight is 388 g/mol. The van der Waals surface area contributed by atoms with E-state index in [0.29, 0.717) is 11.5 Å². The van der Waals surface area contributed by atoms with Crippen molar-refractivity contribution in [1.82, 2.24) is 5.16 Å². The molecule has 1 heterocycles. The van der Waals surface area contributed by atoms with Crippen molar-refractivity contribution in [2.75, 3.05) is 6.61 Å². The Morgan fingerprint density at radius 3 is 2.29 bits per heavy atom. The Morgan fingerprint density at radius 1 is 1.08 bits per heavy atom. The monoisotopic (exact) mass is 387 g/mol. The maximum Gasteiger partial charge on any atom is 0.349 e. The molecule has 0 bridgehead atoms. The van der Waals surface area contributed by atoms with Gasteiger partial charge in [0, 0.05) is 10.5 Å². The highest BCUT2D eigenvalue weighted by atomic mass is 79.9. The first-order valence-electron chi connectivity index (χ1n) is 7.23. The summed E-state index contributed by atoms with van der Waals surface area (Å²) in [5.41, 5.74) is 2.12. The maximum absolute atomic E-state index is 11.8. The summed E-state index contributed by atoms with van der Waals surface area (Å²) in [6.45, 7) is 1.51. The van der Waals surface area contributed by atoms with E-state index in [4.69, 9.17) is 14.0 Å². The van der Waals surface area contributed by atoms with E-state index in [1.54, 1.807) is 25.1 Å². The van der Waals surface area contributed by atoms with Crippen LogP contribution in [0.3, 0.4) is 0 Å². The van der Waals surface area contributed by atoms with Crippen LogP contribution >= 0.6 is 15.9 Å². The second-order valence-electron chi connectivity index (χ2n) is 5.07. The van der Waals surface area contributed by atoms with Crippen molar-refractivity contribution in [3.05, 3.63) is 64.8 Å². The lowest BCUT2D eigenvalue weighted by Gasteiger charge is -2.06. The molecule has 0 aliphatic heterocycles. The van der Waals surface area contributed by atoms with Crippen LogP contribution in [-0.4, -0.2) is 17.7 Å². The van der Waals surface area contributed by atoms with Crippen LogP contribution in [0.1, 0.15) is 5.76 Å². The van der Waals surface area contributed by atoms with Gasteiger partial charge in [0.15, 0.2) is 6.61 Å². The van der Waals surface area contributed by atoms with E-state index in [1.807, 2.05) is 36.4 Å². The van der Waals surface area contributed by atoms with Crippen LogP contribution in [0.4, 0.5) is 0 Å². The van der Waals surface area contributed by atoms with Gasteiger partial charge >= 0.3 is 5.97 Å². The molecule has 0 N–H and O–H groups in total. The van der Waals surface area contributed by atoms with Gasteiger partial charge in [-0.1, -0.05) is 40.2 Å². The fraction of sp³-hybridized carbons (Fsp3) is 0.111. The summed E-state index contributed by atoms with van der Waals surface area (Å²) < 4.78 is 16.3. The Hall–Kier alpha value is -2.60. The van der Waals surface area contributed by atoms with Gasteiger partial charge in [-0.3, -0.25) is 0 Å². The highest BCUT2D eigenvalue weighted by molar-refractivity contribution is 9.10. The quantitative estimate of drug-likeness (QED) is 0.479. The smallest absolute Gasteiger partial charge is 0.349 e. The average Bonchev–Trinajstić information content (AvgIpc) is 3.00. The molecule has 24 heavy (non-hydrogen) atoms. The predicted octanol–water partition coefficient (Wildman–Crippen LogP) is 4.40. The van der Waals surface area contributed by atoms with E-state index < -0.39 is 5.97 Å². The maximum atomic E-state index is 11.8. The van der Waals surface area contributed by atoms with Gasteiger partial charge in [-0.25, -0.2) is 4.79 Å². The zero-order valence-electron chi connectivity index (χ0n) is 12.9. The summed E-state index contributed by atoms with van der Waals surface area (Å²) >= 11 is 3.41. The molecule has 5 nitrogen and oxygen atoms in total. The molecule has 0 aliphatic rings. The number of aryl methyl sites for hydroxylation is 1. The Kier molecular flexibility index (Phi) is 4.96. The summed E-state index contributed by atoms with van der Waals surface area (Å²) in [6.07, 6.45) is 0. The first kappa shape index (κ1) is 16.3. The molecule has 0 fully saturated rings. The number of hydrogen-bond acceptors (Lipinski definition) is 5. The molecule has 3 aromatic rings. The standard InChI is InChI=1S/C18H14BrNO4/c1-12-10-17(20-24-12)22-11-18(21)23-16-8-4-14(5-9-16)13-2-6-15(19)7-3-13/h2-10H,11H2,1H3.